The molecule has 0 aliphatic rings. The van der Waals surface area contributed by atoms with E-state index < -0.39 is 0 Å². The van der Waals surface area contributed by atoms with Gasteiger partial charge in [-0.2, -0.15) is 0 Å². The van der Waals surface area contributed by atoms with Gasteiger partial charge in [0.15, 0.2) is 15.3 Å². The second kappa shape index (κ2) is 2.55. The van der Waals surface area contributed by atoms with Gasteiger partial charge in [-0.05, 0) is 0 Å². The van der Waals surface area contributed by atoms with Crippen LogP contribution in [0.1, 0.15) is 0 Å². The van der Waals surface area contributed by atoms with Gasteiger partial charge in [0, 0.05) is 0 Å². The highest BCUT2D eigenvalue weighted by Crippen LogP contribution is 2.28. The van der Waals surface area contributed by atoms with E-state index in [1.165, 1.54) is 17.7 Å². The fourth-order valence-electron chi connectivity index (χ4n) is 0.701. The van der Waals surface area contributed by atoms with Crippen LogP contribution in [0.25, 0.3) is 10.3 Å². The van der Waals surface area contributed by atoms with E-state index in [1.807, 2.05) is 0 Å². The van der Waals surface area contributed by atoms with Gasteiger partial charge < -0.3 is 0 Å². The molecule has 2 aromatic rings. The number of halogens is 2. The van der Waals surface area contributed by atoms with Crippen LogP contribution in [0.3, 0.4) is 0 Å². The third-order valence-electron chi connectivity index (χ3n) is 1.12. The summed E-state index contributed by atoms with van der Waals surface area (Å²) in [6.07, 6.45) is 1.36. The van der Waals surface area contributed by atoms with Crippen LogP contribution in [0.2, 0.25) is 9.62 Å². The van der Waals surface area contributed by atoms with Gasteiger partial charge in [0.25, 0.3) is 0 Å². The molecule has 0 bridgehead atoms. The van der Waals surface area contributed by atoms with Crippen molar-refractivity contribution >= 4 is 44.9 Å². The number of aromatic nitrogens is 3. The first-order chi connectivity index (χ1) is 5.27. The summed E-state index contributed by atoms with van der Waals surface area (Å²) in [6.45, 7) is 0. The minimum atomic E-state index is 0.402. The molecule has 2 rings (SSSR count). The van der Waals surface area contributed by atoms with Gasteiger partial charge in [0.2, 0.25) is 0 Å². The van der Waals surface area contributed by atoms with Crippen molar-refractivity contribution in [3.8, 4) is 0 Å². The smallest absolute Gasteiger partial charge is 0.186 e. The fourth-order valence-corrected chi connectivity index (χ4v) is 1.88. The minimum absolute atomic E-state index is 0.402. The molecule has 56 valence electrons. The molecule has 0 unspecified atom stereocenters. The Morgan fingerprint density at radius 2 is 2.09 bits per heavy atom. The maximum absolute atomic E-state index is 5.73. The zero-order valence-corrected chi connectivity index (χ0v) is 7.41. The first-order valence-corrected chi connectivity index (χ1v) is 4.27. The zero-order chi connectivity index (χ0) is 7.84. The molecular formula is C5HCl2N3S. The van der Waals surface area contributed by atoms with Crippen molar-refractivity contribution in [2.75, 3.05) is 0 Å². The average Bonchev–Trinajstić information content (AvgIpc) is 2.31. The lowest BCUT2D eigenvalue weighted by Crippen LogP contribution is -1.78. The van der Waals surface area contributed by atoms with E-state index in [1.54, 1.807) is 0 Å². The number of thiazole rings is 1. The van der Waals surface area contributed by atoms with E-state index in [9.17, 15) is 0 Å². The molecule has 11 heavy (non-hydrogen) atoms. The first kappa shape index (κ1) is 7.21. The molecule has 0 amide bonds. The first-order valence-electron chi connectivity index (χ1n) is 2.70. The number of rotatable bonds is 0. The van der Waals surface area contributed by atoms with Gasteiger partial charge in [-0.25, -0.2) is 15.0 Å². The summed E-state index contributed by atoms with van der Waals surface area (Å²) in [4.78, 5) is 11.6. The molecule has 0 atom stereocenters. The maximum atomic E-state index is 5.73. The molecule has 6 heteroatoms. The third kappa shape index (κ3) is 1.17. The summed E-state index contributed by atoms with van der Waals surface area (Å²) in [5, 5.41) is 0.402. The van der Waals surface area contributed by atoms with E-state index in [0.29, 0.717) is 15.3 Å². The Kier molecular flexibility index (Phi) is 1.67. The molecule has 3 nitrogen and oxygen atoms in total. The zero-order valence-electron chi connectivity index (χ0n) is 5.08. The maximum Gasteiger partial charge on any atom is 0.186 e. The molecule has 0 aromatic carbocycles. The second-order valence-electron chi connectivity index (χ2n) is 1.78. The lowest BCUT2D eigenvalue weighted by atomic mass is 10.6. The normalized spacial score (nSPS) is 10.7. The fraction of sp³-hybridized carbons (Fsp3) is 0. The van der Waals surface area contributed by atoms with Crippen LogP contribution in [0.15, 0.2) is 6.33 Å². The standard InChI is InChI=1S/C5HCl2N3S/c6-3-2-4(9-1-8-3)10-5(7)11-2/h1H. The number of hydrogen-bond donors (Lipinski definition) is 0. The van der Waals surface area contributed by atoms with Crippen molar-refractivity contribution in [2.24, 2.45) is 0 Å². The van der Waals surface area contributed by atoms with Crippen LogP contribution in [0.5, 0.6) is 0 Å². The highest BCUT2D eigenvalue weighted by Gasteiger charge is 2.06. The molecule has 2 heterocycles. The van der Waals surface area contributed by atoms with E-state index in [2.05, 4.69) is 15.0 Å². The van der Waals surface area contributed by atoms with Crippen LogP contribution < -0.4 is 0 Å². The molecule has 0 radical (unpaired) electrons. The van der Waals surface area contributed by atoms with Gasteiger partial charge in [0.05, 0.1) is 0 Å². The van der Waals surface area contributed by atoms with Gasteiger partial charge in [-0.15, -0.1) is 0 Å². The SMILES string of the molecule is Clc1nc2ncnc(Cl)c2s1. The Morgan fingerprint density at radius 1 is 1.27 bits per heavy atom. The van der Waals surface area contributed by atoms with E-state index >= 15 is 0 Å². The van der Waals surface area contributed by atoms with Crippen LogP contribution in [0, 0.1) is 0 Å². The van der Waals surface area contributed by atoms with Crippen LogP contribution in [-0.2, 0) is 0 Å². The summed E-state index contributed by atoms with van der Waals surface area (Å²) in [7, 11) is 0. The Morgan fingerprint density at radius 3 is 2.82 bits per heavy atom. The van der Waals surface area contributed by atoms with Gasteiger partial charge in [-0.1, -0.05) is 34.5 Å². The van der Waals surface area contributed by atoms with Crippen LogP contribution in [0.4, 0.5) is 0 Å². The van der Waals surface area contributed by atoms with Crippen molar-refractivity contribution in [1.29, 1.82) is 0 Å². The number of fused-ring (bicyclic) bond motifs is 1. The van der Waals surface area contributed by atoms with E-state index in [4.69, 9.17) is 23.2 Å². The summed E-state index contributed by atoms with van der Waals surface area (Å²) in [5.41, 5.74) is 0.556. The molecule has 0 spiro atoms. The summed E-state index contributed by atoms with van der Waals surface area (Å²) >= 11 is 12.6. The molecule has 0 fully saturated rings. The molecule has 0 saturated carbocycles. The van der Waals surface area contributed by atoms with E-state index in [0.717, 1.165) is 4.70 Å². The Bertz CT molecular complexity index is 400. The topological polar surface area (TPSA) is 38.7 Å². The predicted octanol–water partition coefficient (Wildman–Crippen LogP) is 2.39. The van der Waals surface area contributed by atoms with Crippen LogP contribution in [-0.4, -0.2) is 15.0 Å². The Balaban J connectivity index is 2.90. The monoisotopic (exact) mass is 205 g/mol. The number of nitrogens with zero attached hydrogens (tertiary/aromatic N) is 3. The molecule has 0 aliphatic carbocycles. The largest absolute Gasteiger partial charge is 0.223 e. The summed E-state index contributed by atoms with van der Waals surface area (Å²) in [5.74, 6) is 0. The van der Waals surface area contributed by atoms with E-state index in [-0.39, 0.29) is 0 Å². The molecular weight excluding hydrogens is 205 g/mol. The van der Waals surface area contributed by atoms with Gasteiger partial charge >= 0.3 is 0 Å². The molecule has 0 N–H and O–H groups in total. The van der Waals surface area contributed by atoms with Crippen molar-refractivity contribution in [1.82, 2.24) is 15.0 Å². The Hall–Kier alpha value is -0.450. The van der Waals surface area contributed by atoms with Crippen molar-refractivity contribution in [3.63, 3.8) is 0 Å². The molecule has 0 saturated heterocycles. The highest BCUT2D eigenvalue weighted by molar-refractivity contribution is 7.22. The van der Waals surface area contributed by atoms with Crippen molar-refractivity contribution in [2.45, 2.75) is 0 Å². The minimum Gasteiger partial charge on any atom is -0.223 e. The quantitative estimate of drug-likeness (QED) is 0.621. The van der Waals surface area contributed by atoms with Gasteiger partial charge in [0.1, 0.15) is 11.0 Å². The average molecular weight is 206 g/mol. The molecule has 2 aromatic heterocycles. The predicted molar refractivity (Wildman–Crippen MR) is 45.2 cm³/mol. The molecule has 0 aliphatic heterocycles. The lowest BCUT2D eigenvalue weighted by molar-refractivity contribution is 1.20. The van der Waals surface area contributed by atoms with Crippen LogP contribution >= 0.6 is 34.5 Å². The lowest BCUT2D eigenvalue weighted by Gasteiger charge is -1.85. The van der Waals surface area contributed by atoms with Crippen molar-refractivity contribution in [3.05, 3.63) is 15.9 Å². The second-order valence-corrected chi connectivity index (χ2v) is 3.72. The third-order valence-corrected chi connectivity index (χ3v) is 2.68. The Labute approximate surface area is 76.0 Å². The summed E-state index contributed by atoms with van der Waals surface area (Å²) in [6, 6.07) is 0. The van der Waals surface area contributed by atoms with Crippen molar-refractivity contribution < 1.29 is 0 Å². The highest BCUT2D eigenvalue weighted by atomic mass is 35.5. The summed E-state index contributed by atoms with van der Waals surface area (Å²) < 4.78 is 1.17. The van der Waals surface area contributed by atoms with Gasteiger partial charge in [-0.3, -0.25) is 0 Å². The number of hydrogen-bond acceptors (Lipinski definition) is 4.